The summed E-state index contributed by atoms with van der Waals surface area (Å²) >= 11 is 3.31. The van der Waals surface area contributed by atoms with Crippen molar-refractivity contribution in [2.45, 2.75) is 19.3 Å². The molecule has 0 bridgehead atoms. The number of allylic oxidation sites excluding steroid dienone is 1. The summed E-state index contributed by atoms with van der Waals surface area (Å²) in [5.41, 5.74) is 1.37. The fourth-order valence-corrected chi connectivity index (χ4v) is 2.63. The molecule has 0 aliphatic rings. The number of esters is 1. The van der Waals surface area contributed by atoms with E-state index in [4.69, 9.17) is 4.74 Å². The van der Waals surface area contributed by atoms with E-state index in [0.29, 0.717) is 29.0 Å². The highest BCUT2D eigenvalue weighted by Crippen LogP contribution is 2.29. The van der Waals surface area contributed by atoms with E-state index >= 15 is 0 Å². The van der Waals surface area contributed by atoms with Crippen LogP contribution in [0, 0.1) is 5.82 Å². The van der Waals surface area contributed by atoms with Crippen LogP contribution in [0.15, 0.2) is 41.5 Å². The van der Waals surface area contributed by atoms with Crippen molar-refractivity contribution in [2.75, 3.05) is 6.61 Å². The lowest BCUT2D eigenvalue weighted by atomic mass is 10.1. The van der Waals surface area contributed by atoms with Gasteiger partial charge in [-0.3, -0.25) is 4.79 Å². The molecule has 1 N–H and O–H groups in total. The Hall–Kier alpha value is -1.95. The summed E-state index contributed by atoms with van der Waals surface area (Å²) in [6.45, 7) is 5.72. The van der Waals surface area contributed by atoms with Crippen LogP contribution in [0.2, 0.25) is 0 Å². The Morgan fingerprint density at radius 1 is 1.59 bits per heavy atom. The third kappa shape index (κ3) is 3.62. The molecule has 0 aliphatic carbocycles. The number of H-pyrrole nitrogens is 1. The Kier molecular flexibility index (Phi) is 5.49. The molecule has 116 valence electrons. The summed E-state index contributed by atoms with van der Waals surface area (Å²) < 4.78 is 18.8. The molecule has 0 spiro atoms. The smallest absolute Gasteiger partial charge is 0.316 e. The lowest BCUT2D eigenvalue weighted by Gasteiger charge is -2.10. The monoisotopic (exact) mass is 366 g/mol. The van der Waals surface area contributed by atoms with Gasteiger partial charge in [0.25, 0.3) is 0 Å². The number of hydrogen-bond acceptors (Lipinski definition) is 3. The quantitative estimate of drug-likeness (QED) is 0.615. The summed E-state index contributed by atoms with van der Waals surface area (Å²) in [6.07, 6.45) is 3.76. The van der Waals surface area contributed by atoms with Gasteiger partial charge < -0.3 is 9.72 Å². The van der Waals surface area contributed by atoms with Gasteiger partial charge >= 0.3 is 5.97 Å². The van der Waals surface area contributed by atoms with Crippen LogP contribution >= 0.6 is 15.9 Å². The van der Waals surface area contributed by atoms with E-state index in [1.54, 1.807) is 25.3 Å². The van der Waals surface area contributed by atoms with Crippen LogP contribution in [0.4, 0.5) is 4.39 Å². The number of rotatable bonds is 6. The third-order valence-corrected chi connectivity index (χ3v) is 3.76. The van der Waals surface area contributed by atoms with Crippen LogP contribution in [-0.4, -0.2) is 22.5 Å². The lowest BCUT2D eigenvalue weighted by Crippen LogP contribution is -2.16. The van der Waals surface area contributed by atoms with E-state index in [-0.39, 0.29) is 11.8 Å². The van der Waals surface area contributed by atoms with Crippen LogP contribution in [0.3, 0.4) is 0 Å². The van der Waals surface area contributed by atoms with E-state index in [0.717, 1.165) is 5.56 Å². The Morgan fingerprint density at radius 2 is 2.36 bits per heavy atom. The van der Waals surface area contributed by atoms with Crippen molar-refractivity contribution in [1.82, 2.24) is 9.97 Å². The van der Waals surface area contributed by atoms with Crippen molar-refractivity contribution in [2.24, 2.45) is 0 Å². The minimum absolute atomic E-state index is 0.309. The molecule has 1 aromatic heterocycles. The number of hydrogen-bond donors (Lipinski definition) is 1. The maximum absolute atomic E-state index is 13.2. The summed E-state index contributed by atoms with van der Waals surface area (Å²) in [5, 5.41) is 0. The number of aromatic nitrogens is 2. The number of carbonyl (C=O) groups excluding carboxylic acids is 1. The first-order chi connectivity index (χ1) is 10.6. The van der Waals surface area contributed by atoms with Gasteiger partial charge in [-0.2, -0.15) is 0 Å². The predicted molar refractivity (Wildman–Crippen MR) is 85.9 cm³/mol. The maximum Gasteiger partial charge on any atom is 0.316 e. The number of imidazole rings is 1. The first-order valence-corrected chi connectivity index (χ1v) is 7.64. The maximum atomic E-state index is 13.2. The SMILES string of the molecule is C=CCC(C(=O)OCC)c1nc(-c2ccc(F)cc2Br)c[nH]1. The normalized spacial score (nSPS) is 12.0. The second-order valence-corrected chi connectivity index (χ2v) is 5.48. The highest BCUT2D eigenvalue weighted by atomic mass is 79.9. The Bertz CT molecular complexity index is 685. The van der Waals surface area contributed by atoms with E-state index in [9.17, 15) is 9.18 Å². The molecule has 1 unspecified atom stereocenters. The van der Waals surface area contributed by atoms with Crippen molar-refractivity contribution in [3.8, 4) is 11.3 Å². The molecule has 1 atom stereocenters. The number of halogens is 2. The van der Waals surface area contributed by atoms with E-state index in [1.807, 2.05) is 0 Å². The van der Waals surface area contributed by atoms with Crippen LogP contribution in [0.25, 0.3) is 11.3 Å². The van der Waals surface area contributed by atoms with Crippen molar-refractivity contribution in [3.05, 3.63) is 53.2 Å². The molecule has 2 rings (SSSR count). The zero-order valence-corrected chi connectivity index (χ0v) is 13.7. The average Bonchev–Trinajstić information content (AvgIpc) is 2.94. The minimum Gasteiger partial charge on any atom is -0.465 e. The van der Waals surface area contributed by atoms with Crippen LogP contribution in [-0.2, 0) is 9.53 Å². The second kappa shape index (κ2) is 7.35. The fourth-order valence-electron chi connectivity index (χ4n) is 2.08. The van der Waals surface area contributed by atoms with E-state index in [1.165, 1.54) is 12.1 Å². The summed E-state index contributed by atoms with van der Waals surface area (Å²) in [6, 6.07) is 4.36. The minimum atomic E-state index is -0.523. The number of nitrogens with one attached hydrogen (secondary N) is 1. The van der Waals surface area contributed by atoms with Crippen molar-refractivity contribution in [3.63, 3.8) is 0 Å². The number of ether oxygens (including phenoxy) is 1. The molecule has 0 amide bonds. The molecule has 0 radical (unpaired) electrons. The zero-order valence-electron chi connectivity index (χ0n) is 12.1. The molecule has 0 saturated carbocycles. The molecular weight excluding hydrogens is 351 g/mol. The van der Waals surface area contributed by atoms with Gasteiger partial charge in [-0.05, 0) is 47.5 Å². The molecule has 6 heteroatoms. The molecule has 22 heavy (non-hydrogen) atoms. The van der Waals surface area contributed by atoms with Crippen LogP contribution < -0.4 is 0 Å². The highest BCUT2D eigenvalue weighted by molar-refractivity contribution is 9.10. The van der Waals surface area contributed by atoms with Gasteiger partial charge in [-0.25, -0.2) is 9.37 Å². The van der Waals surface area contributed by atoms with Crippen LogP contribution in [0.1, 0.15) is 25.1 Å². The second-order valence-electron chi connectivity index (χ2n) is 4.62. The Morgan fingerprint density at radius 3 is 3.00 bits per heavy atom. The van der Waals surface area contributed by atoms with E-state index < -0.39 is 5.92 Å². The van der Waals surface area contributed by atoms with Crippen molar-refractivity contribution in [1.29, 1.82) is 0 Å². The van der Waals surface area contributed by atoms with Gasteiger partial charge in [-0.1, -0.05) is 6.08 Å². The number of carbonyl (C=O) groups is 1. The number of nitrogens with zero attached hydrogens (tertiary/aromatic N) is 1. The molecule has 0 fully saturated rings. The largest absolute Gasteiger partial charge is 0.465 e. The third-order valence-electron chi connectivity index (χ3n) is 3.11. The van der Waals surface area contributed by atoms with Gasteiger partial charge in [0.1, 0.15) is 17.6 Å². The van der Waals surface area contributed by atoms with Crippen molar-refractivity contribution < 1.29 is 13.9 Å². The van der Waals surface area contributed by atoms with Gasteiger partial charge in [0, 0.05) is 16.2 Å². The topological polar surface area (TPSA) is 55.0 Å². The Balaban J connectivity index is 2.32. The van der Waals surface area contributed by atoms with E-state index in [2.05, 4.69) is 32.5 Å². The first kappa shape index (κ1) is 16.4. The zero-order chi connectivity index (χ0) is 16.1. The summed E-state index contributed by atoms with van der Waals surface area (Å²) in [4.78, 5) is 19.4. The predicted octanol–water partition coefficient (Wildman–Crippen LogP) is 4.20. The number of benzene rings is 1. The van der Waals surface area contributed by atoms with Gasteiger partial charge in [-0.15, -0.1) is 6.58 Å². The summed E-state index contributed by atoms with van der Waals surface area (Å²) in [5.74, 6) is -0.695. The van der Waals surface area contributed by atoms with Gasteiger partial charge in [0.15, 0.2) is 0 Å². The molecule has 0 aliphatic heterocycles. The molecule has 2 aromatic rings. The molecule has 0 saturated heterocycles. The van der Waals surface area contributed by atoms with Crippen molar-refractivity contribution >= 4 is 21.9 Å². The number of aromatic amines is 1. The van der Waals surface area contributed by atoms with Gasteiger partial charge in [0.2, 0.25) is 0 Å². The Labute approximate surface area is 136 Å². The highest BCUT2D eigenvalue weighted by Gasteiger charge is 2.24. The lowest BCUT2D eigenvalue weighted by molar-refractivity contribution is -0.145. The average molecular weight is 367 g/mol. The standard InChI is InChI=1S/C16H16BrFN2O2/c1-3-5-12(16(21)22-4-2)15-19-9-14(20-15)11-7-6-10(18)8-13(11)17/h3,6-9,12H,1,4-5H2,2H3,(H,19,20). The molecule has 1 aromatic carbocycles. The van der Waals surface area contributed by atoms with Gasteiger partial charge in [0.05, 0.1) is 12.3 Å². The summed E-state index contributed by atoms with van der Waals surface area (Å²) in [7, 11) is 0. The molecule has 1 heterocycles. The molecular formula is C16H16BrFN2O2. The first-order valence-electron chi connectivity index (χ1n) is 6.85. The fraction of sp³-hybridized carbons (Fsp3) is 0.250. The molecule has 4 nitrogen and oxygen atoms in total. The van der Waals surface area contributed by atoms with Crippen LogP contribution in [0.5, 0.6) is 0 Å².